The number of halogens is 3. The van der Waals surface area contributed by atoms with Crippen LogP contribution in [0.2, 0.25) is 0 Å². The Balaban J connectivity index is 3.25. The van der Waals surface area contributed by atoms with Crippen molar-refractivity contribution in [3.63, 3.8) is 0 Å². The van der Waals surface area contributed by atoms with Gasteiger partial charge in [-0.1, -0.05) is 15.9 Å². The maximum absolute atomic E-state index is 9.43. The Kier molecular flexibility index (Phi) is 3.90. The van der Waals surface area contributed by atoms with Crippen LogP contribution in [0.3, 0.4) is 0 Å². The van der Waals surface area contributed by atoms with Gasteiger partial charge in [0, 0.05) is 18.0 Å². The minimum absolute atomic E-state index is 0.373. The smallest absolute Gasteiger partial charge is 0.121 e. The summed E-state index contributed by atoms with van der Waals surface area (Å²) in [5, 5.41) is 10.1. The van der Waals surface area contributed by atoms with Crippen LogP contribution in [0.25, 0.3) is 0 Å². The van der Waals surface area contributed by atoms with Gasteiger partial charge in [-0.25, -0.2) is 0 Å². The van der Waals surface area contributed by atoms with E-state index in [2.05, 4.69) is 61.1 Å². The van der Waals surface area contributed by atoms with Gasteiger partial charge in [-0.3, -0.25) is 0 Å². The van der Waals surface area contributed by atoms with Crippen LogP contribution in [-0.2, 0) is 5.33 Å². The van der Waals surface area contributed by atoms with Gasteiger partial charge < -0.3 is 5.11 Å². The zero-order chi connectivity index (χ0) is 8.43. The minimum Gasteiger partial charge on any atom is -0.508 e. The quantitative estimate of drug-likeness (QED) is 0.525. The first-order valence-corrected chi connectivity index (χ1v) is 6.16. The molecule has 1 aromatic carbocycles. The summed E-state index contributed by atoms with van der Waals surface area (Å²) in [6.45, 7) is 0. The fourth-order valence-corrected chi connectivity index (χ4v) is 3.84. The second-order valence-corrected chi connectivity index (χ2v) is 4.99. The van der Waals surface area contributed by atoms with Crippen LogP contribution in [0.5, 0.6) is 5.75 Å². The summed E-state index contributed by atoms with van der Waals surface area (Å²) in [6.07, 6.45) is 0. The lowest BCUT2D eigenvalue weighted by Gasteiger charge is -2.03. The summed E-state index contributed by atoms with van der Waals surface area (Å²) in [5.41, 5.74) is 0.964. The summed E-state index contributed by atoms with van der Waals surface area (Å²) in [5.74, 6) is 0.373. The number of hydrogen-bond donors (Lipinski definition) is 1. The van der Waals surface area contributed by atoms with Gasteiger partial charge in [-0.15, -0.1) is 0 Å². The Hall–Kier alpha value is 0.960. The first-order valence-electron chi connectivity index (χ1n) is 2.88. The van der Waals surface area contributed by atoms with Crippen molar-refractivity contribution >= 4 is 61.1 Å². The molecule has 0 radical (unpaired) electrons. The number of alkyl halides is 1. The van der Waals surface area contributed by atoms with Gasteiger partial charge in [0.25, 0.3) is 0 Å². The maximum Gasteiger partial charge on any atom is 0.121 e. The molecule has 0 spiro atoms. The van der Waals surface area contributed by atoms with E-state index in [0.29, 0.717) is 11.1 Å². The highest BCUT2D eigenvalue weighted by molar-refractivity contribution is 14.1. The van der Waals surface area contributed by atoms with Crippen LogP contribution in [0.15, 0.2) is 12.1 Å². The Morgan fingerprint density at radius 2 is 2.00 bits per heavy atom. The molecule has 0 saturated heterocycles. The Morgan fingerprint density at radius 1 is 1.36 bits per heavy atom. The van der Waals surface area contributed by atoms with E-state index in [4.69, 9.17) is 0 Å². The molecule has 1 nitrogen and oxygen atoms in total. The number of phenolic OH excluding ortho intramolecular Hbond substituents is 1. The monoisotopic (exact) mass is 438 g/mol. The van der Waals surface area contributed by atoms with Crippen LogP contribution in [0.4, 0.5) is 0 Å². The summed E-state index contributed by atoms with van der Waals surface area (Å²) in [4.78, 5) is 0. The average Bonchev–Trinajstić information content (AvgIpc) is 1.85. The molecule has 0 aliphatic heterocycles. The first-order chi connectivity index (χ1) is 5.15. The lowest BCUT2D eigenvalue weighted by atomic mass is 10.2. The van der Waals surface area contributed by atoms with Crippen molar-refractivity contribution in [2.24, 2.45) is 0 Å². The highest BCUT2D eigenvalue weighted by atomic mass is 127. The Bertz CT molecular complexity index is 252. The Morgan fingerprint density at radius 3 is 2.45 bits per heavy atom. The van der Waals surface area contributed by atoms with E-state index < -0.39 is 0 Å². The van der Waals surface area contributed by atoms with Crippen molar-refractivity contribution in [2.45, 2.75) is 5.33 Å². The van der Waals surface area contributed by atoms with Crippen molar-refractivity contribution in [1.82, 2.24) is 0 Å². The molecule has 0 aliphatic carbocycles. The largest absolute Gasteiger partial charge is 0.508 e. The van der Waals surface area contributed by atoms with Crippen molar-refractivity contribution < 1.29 is 5.11 Å². The normalized spacial score (nSPS) is 10.1. The highest BCUT2D eigenvalue weighted by Crippen LogP contribution is 2.27. The first kappa shape index (κ1) is 10.0. The van der Waals surface area contributed by atoms with E-state index >= 15 is 0 Å². The molecule has 1 N–H and O–H groups in total. The second-order valence-electron chi connectivity index (χ2n) is 2.02. The third-order valence-electron chi connectivity index (χ3n) is 1.27. The summed E-state index contributed by atoms with van der Waals surface area (Å²) < 4.78 is 2.16. The van der Waals surface area contributed by atoms with E-state index in [9.17, 15) is 5.11 Å². The number of benzene rings is 1. The lowest BCUT2D eigenvalue weighted by Crippen LogP contribution is -1.86. The van der Waals surface area contributed by atoms with E-state index in [1.165, 1.54) is 0 Å². The van der Waals surface area contributed by atoms with Crippen LogP contribution < -0.4 is 0 Å². The maximum atomic E-state index is 9.43. The van der Waals surface area contributed by atoms with Gasteiger partial charge in [0.2, 0.25) is 0 Å². The molecule has 60 valence electrons. The molecule has 0 amide bonds. The molecular weight excluding hydrogens is 434 g/mol. The number of rotatable bonds is 1. The lowest BCUT2D eigenvalue weighted by molar-refractivity contribution is 0.470. The third-order valence-corrected chi connectivity index (χ3v) is 3.42. The summed E-state index contributed by atoms with van der Waals surface area (Å²) in [7, 11) is 0. The minimum atomic E-state index is 0.373. The van der Waals surface area contributed by atoms with Gasteiger partial charge in [-0.05, 0) is 57.3 Å². The number of hydrogen-bond acceptors (Lipinski definition) is 1. The van der Waals surface area contributed by atoms with Gasteiger partial charge in [-0.2, -0.15) is 0 Å². The van der Waals surface area contributed by atoms with Crippen molar-refractivity contribution in [1.29, 1.82) is 0 Å². The van der Waals surface area contributed by atoms with Crippen LogP contribution >= 0.6 is 61.1 Å². The molecule has 0 bridgehead atoms. The molecular formula is C7H5BrI2O. The predicted molar refractivity (Wildman–Crippen MR) is 66.2 cm³/mol. The Labute approximate surface area is 101 Å². The van der Waals surface area contributed by atoms with Gasteiger partial charge >= 0.3 is 0 Å². The fraction of sp³-hybridized carbons (Fsp3) is 0.143. The van der Waals surface area contributed by atoms with Crippen molar-refractivity contribution in [3.8, 4) is 5.75 Å². The van der Waals surface area contributed by atoms with E-state index in [1.807, 2.05) is 6.07 Å². The zero-order valence-electron chi connectivity index (χ0n) is 5.44. The molecule has 1 rings (SSSR count). The van der Waals surface area contributed by atoms with Gasteiger partial charge in [0.05, 0.1) is 0 Å². The molecule has 11 heavy (non-hydrogen) atoms. The van der Waals surface area contributed by atoms with E-state index in [1.54, 1.807) is 6.07 Å². The van der Waals surface area contributed by atoms with Gasteiger partial charge in [0.1, 0.15) is 5.75 Å². The third kappa shape index (κ3) is 2.45. The SMILES string of the molecule is Oc1cc(I)cc(I)c1CBr. The number of phenols is 1. The standard InChI is InChI=1S/C7H5BrI2O/c8-3-5-6(10)1-4(9)2-7(5)11/h1-2,11H,3H2. The fourth-order valence-electron chi connectivity index (χ4n) is 0.722. The van der Waals surface area contributed by atoms with E-state index in [0.717, 1.165) is 12.7 Å². The molecule has 0 fully saturated rings. The average molecular weight is 439 g/mol. The molecule has 0 aliphatic rings. The van der Waals surface area contributed by atoms with Crippen molar-refractivity contribution in [2.75, 3.05) is 0 Å². The van der Waals surface area contributed by atoms with E-state index in [-0.39, 0.29) is 0 Å². The molecule has 0 saturated carbocycles. The summed E-state index contributed by atoms with van der Waals surface area (Å²) >= 11 is 7.72. The number of aromatic hydroxyl groups is 1. The zero-order valence-corrected chi connectivity index (χ0v) is 11.3. The molecule has 0 aromatic heterocycles. The van der Waals surface area contributed by atoms with Crippen molar-refractivity contribution in [3.05, 3.63) is 24.8 Å². The van der Waals surface area contributed by atoms with Crippen LogP contribution in [0, 0.1) is 7.14 Å². The second kappa shape index (κ2) is 4.27. The highest BCUT2D eigenvalue weighted by Gasteiger charge is 2.05. The molecule has 0 heterocycles. The summed E-state index contributed by atoms with van der Waals surface area (Å²) in [6, 6.07) is 3.80. The van der Waals surface area contributed by atoms with Crippen LogP contribution in [0.1, 0.15) is 5.56 Å². The van der Waals surface area contributed by atoms with Gasteiger partial charge in [0.15, 0.2) is 0 Å². The topological polar surface area (TPSA) is 20.2 Å². The van der Waals surface area contributed by atoms with Crippen LogP contribution in [-0.4, -0.2) is 5.11 Å². The predicted octanol–water partition coefficient (Wildman–Crippen LogP) is 3.50. The molecule has 4 heteroatoms. The molecule has 0 atom stereocenters. The molecule has 1 aromatic rings. The molecule has 0 unspecified atom stereocenters.